The van der Waals surface area contributed by atoms with Gasteiger partial charge < -0.3 is 10.6 Å². The Morgan fingerprint density at radius 2 is 1.96 bits per heavy atom. The molecule has 0 radical (unpaired) electrons. The van der Waals surface area contributed by atoms with Crippen LogP contribution in [0.25, 0.3) is 0 Å². The molecule has 0 unspecified atom stereocenters. The van der Waals surface area contributed by atoms with Crippen LogP contribution in [-0.2, 0) is 6.18 Å². The fourth-order valence-electron chi connectivity index (χ4n) is 1.78. The van der Waals surface area contributed by atoms with Gasteiger partial charge in [0, 0.05) is 18.4 Å². The van der Waals surface area contributed by atoms with Crippen LogP contribution in [0, 0.1) is 5.92 Å². The molecule has 124 valence electrons. The lowest BCUT2D eigenvalue weighted by Crippen LogP contribution is -2.11. The summed E-state index contributed by atoms with van der Waals surface area (Å²) in [6.45, 7) is 4.78. The maximum absolute atomic E-state index is 12.9. The molecule has 0 fully saturated rings. The van der Waals surface area contributed by atoms with Gasteiger partial charge in [-0.05, 0) is 30.2 Å². The molecule has 0 saturated carbocycles. The zero-order valence-corrected chi connectivity index (χ0v) is 13.3. The van der Waals surface area contributed by atoms with Gasteiger partial charge in [0.05, 0.1) is 10.6 Å². The van der Waals surface area contributed by atoms with E-state index in [4.69, 9.17) is 11.6 Å². The molecule has 2 aromatic rings. The molecule has 4 nitrogen and oxygen atoms in total. The quantitative estimate of drug-likeness (QED) is 0.804. The Morgan fingerprint density at radius 3 is 2.61 bits per heavy atom. The number of aromatic nitrogens is 2. The summed E-state index contributed by atoms with van der Waals surface area (Å²) in [5, 5.41) is 5.53. The SMILES string of the molecule is CC(C)CNc1nccc(Nc2ccc(Cl)c(C(F)(F)F)c2)n1. The zero-order chi connectivity index (χ0) is 17.0. The summed E-state index contributed by atoms with van der Waals surface area (Å²) in [7, 11) is 0. The molecule has 1 heterocycles. The average molecular weight is 345 g/mol. The van der Waals surface area contributed by atoms with E-state index in [9.17, 15) is 13.2 Å². The van der Waals surface area contributed by atoms with Crippen molar-refractivity contribution in [2.45, 2.75) is 20.0 Å². The molecular formula is C15H16ClF3N4. The topological polar surface area (TPSA) is 49.8 Å². The van der Waals surface area contributed by atoms with Crippen molar-refractivity contribution >= 4 is 29.1 Å². The molecule has 1 aromatic heterocycles. The summed E-state index contributed by atoms with van der Waals surface area (Å²) < 4.78 is 38.6. The second-order valence-electron chi connectivity index (χ2n) is 5.36. The molecule has 0 amide bonds. The molecule has 0 atom stereocenters. The third kappa shape index (κ3) is 4.99. The van der Waals surface area contributed by atoms with Crippen LogP contribution in [0.3, 0.4) is 0 Å². The third-order valence-corrected chi connectivity index (χ3v) is 3.20. The highest BCUT2D eigenvalue weighted by atomic mass is 35.5. The number of rotatable bonds is 5. The van der Waals surface area contributed by atoms with Crippen molar-refractivity contribution in [3.63, 3.8) is 0 Å². The number of nitrogens with one attached hydrogen (secondary N) is 2. The smallest absolute Gasteiger partial charge is 0.354 e. The summed E-state index contributed by atoms with van der Waals surface area (Å²) in [6, 6.07) is 5.18. The van der Waals surface area contributed by atoms with Crippen molar-refractivity contribution in [3.8, 4) is 0 Å². The zero-order valence-electron chi connectivity index (χ0n) is 12.6. The van der Waals surface area contributed by atoms with Crippen molar-refractivity contribution in [2.24, 2.45) is 5.92 Å². The monoisotopic (exact) mass is 344 g/mol. The van der Waals surface area contributed by atoms with Crippen LogP contribution < -0.4 is 10.6 Å². The molecule has 0 bridgehead atoms. The predicted molar refractivity (Wildman–Crippen MR) is 85.1 cm³/mol. The maximum Gasteiger partial charge on any atom is 0.417 e. The summed E-state index contributed by atoms with van der Waals surface area (Å²) in [5.41, 5.74) is -0.647. The van der Waals surface area contributed by atoms with Gasteiger partial charge in [-0.2, -0.15) is 18.2 Å². The second-order valence-corrected chi connectivity index (χ2v) is 5.76. The first-order valence-corrected chi connectivity index (χ1v) is 7.34. The summed E-state index contributed by atoms with van der Waals surface area (Å²) >= 11 is 5.60. The van der Waals surface area contributed by atoms with Crippen LogP contribution in [0.5, 0.6) is 0 Å². The Kier molecular flexibility index (Phi) is 5.30. The number of alkyl halides is 3. The van der Waals surface area contributed by atoms with E-state index in [1.165, 1.54) is 18.3 Å². The summed E-state index contributed by atoms with van der Waals surface area (Å²) in [6.07, 6.45) is -2.98. The van der Waals surface area contributed by atoms with E-state index in [0.29, 0.717) is 24.2 Å². The van der Waals surface area contributed by atoms with Crippen LogP contribution in [-0.4, -0.2) is 16.5 Å². The van der Waals surface area contributed by atoms with Gasteiger partial charge in [-0.3, -0.25) is 0 Å². The Morgan fingerprint density at radius 1 is 1.22 bits per heavy atom. The fourth-order valence-corrected chi connectivity index (χ4v) is 2.00. The largest absolute Gasteiger partial charge is 0.417 e. The van der Waals surface area contributed by atoms with Crippen LogP contribution >= 0.6 is 11.6 Å². The van der Waals surface area contributed by atoms with Crippen LogP contribution in [0.15, 0.2) is 30.5 Å². The molecular weight excluding hydrogens is 329 g/mol. The molecule has 0 spiro atoms. The lowest BCUT2D eigenvalue weighted by Gasteiger charge is -2.13. The molecule has 0 aliphatic carbocycles. The summed E-state index contributed by atoms with van der Waals surface area (Å²) in [5.74, 6) is 1.22. The van der Waals surface area contributed by atoms with Gasteiger partial charge in [0.1, 0.15) is 5.82 Å². The molecule has 1 aromatic carbocycles. The minimum atomic E-state index is -4.51. The van der Waals surface area contributed by atoms with Crippen molar-refractivity contribution < 1.29 is 13.2 Å². The molecule has 0 aliphatic heterocycles. The van der Waals surface area contributed by atoms with Crippen molar-refractivity contribution in [2.75, 3.05) is 17.2 Å². The number of hydrogen-bond donors (Lipinski definition) is 2. The van der Waals surface area contributed by atoms with Crippen LogP contribution in [0.2, 0.25) is 5.02 Å². The van der Waals surface area contributed by atoms with Gasteiger partial charge in [-0.25, -0.2) is 4.98 Å². The van der Waals surface area contributed by atoms with Crippen LogP contribution in [0.4, 0.5) is 30.6 Å². The Hall–Kier alpha value is -2.02. The van der Waals surface area contributed by atoms with E-state index < -0.39 is 11.7 Å². The molecule has 8 heteroatoms. The second kappa shape index (κ2) is 7.04. The first kappa shape index (κ1) is 17.3. The van der Waals surface area contributed by atoms with Gasteiger partial charge >= 0.3 is 6.18 Å². The molecule has 2 rings (SSSR count). The highest BCUT2D eigenvalue weighted by molar-refractivity contribution is 6.31. The van der Waals surface area contributed by atoms with Crippen molar-refractivity contribution in [1.29, 1.82) is 0 Å². The Balaban J connectivity index is 2.18. The first-order valence-electron chi connectivity index (χ1n) is 6.96. The highest BCUT2D eigenvalue weighted by Gasteiger charge is 2.33. The Labute approximate surface area is 137 Å². The van der Waals surface area contributed by atoms with Gasteiger partial charge in [-0.15, -0.1) is 0 Å². The van der Waals surface area contributed by atoms with Gasteiger partial charge in [0.2, 0.25) is 5.95 Å². The number of hydrogen-bond acceptors (Lipinski definition) is 4. The van der Waals surface area contributed by atoms with Gasteiger partial charge in [-0.1, -0.05) is 25.4 Å². The number of halogens is 4. The third-order valence-electron chi connectivity index (χ3n) is 2.87. The van der Waals surface area contributed by atoms with E-state index in [0.717, 1.165) is 6.07 Å². The normalized spacial score (nSPS) is 11.6. The minimum Gasteiger partial charge on any atom is -0.354 e. The average Bonchev–Trinajstić information content (AvgIpc) is 2.46. The van der Waals surface area contributed by atoms with E-state index in [-0.39, 0.29) is 10.7 Å². The number of benzene rings is 1. The number of nitrogens with zero attached hydrogens (tertiary/aromatic N) is 2. The maximum atomic E-state index is 12.9. The minimum absolute atomic E-state index is 0.246. The van der Waals surface area contributed by atoms with Gasteiger partial charge in [0.15, 0.2) is 0 Å². The predicted octanol–water partition coefficient (Wildman–Crippen LogP) is 4.96. The Bertz CT molecular complexity index is 674. The lowest BCUT2D eigenvalue weighted by atomic mass is 10.2. The summed E-state index contributed by atoms with van der Waals surface area (Å²) in [4.78, 5) is 8.27. The lowest BCUT2D eigenvalue weighted by molar-refractivity contribution is -0.137. The van der Waals surface area contributed by atoms with E-state index in [2.05, 4.69) is 20.6 Å². The standard InChI is InChI=1S/C15H16ClF3N4/c1-9(2)8-21-14-20-6-5-13(23-14)22-10-3-4-12(16)11(7-10)15(17,18)19/h3-7,9H,8H2,1-2H3,(H2,20,21,22,23). The molecule has 0 aliphatic rings. The molecule has 23 heavy (non-hydrogen) atoms. The molecule has 2 N–H and O–H groups in total. The van der Waals surface area contributed by atoms with Crippen molar-refractivity contribution in [3.05, 3.63) is 41.0 Å². The van der Waals surface area contributed by atoms with Crippen molar-refractivity contribution in [1.82, 2.24) is 9.97 Å². The van der Waals surface area contributed by atoms with Gasteiger partial charge in [0.25, 0.3) is 0 Å². The van der Waals surface area contributed by atoms with E-state index >= 15 is 0 Å². The fraction of sp³-hybridized carbons (Fsp3) is 0.333. The van der Waals surface area contributed by atoms with E-state index in [1.807, 2.05) is 13.8 Å². The molecule has 0 saturated heterocycles. The van der Waals surface area contributed by atoms with Crippen LogP contribution in [0.1, 0.15) is 19.4 Å². The number of anilines is 3. The van der Waals surface area contributed by atoms with E-state index in [1.54, 1.807) is 6.07 Å². The highest BCUT2D eigenvalue weighted by Crippen LogP contribution is 2.36. The first-order chi connectivity index (χ1) is 10.8.